The predicted octanol–water partition coefficient (Wildman–Crippen LogP) is 3.23. The molecule has 1 atom stereocenters. The molecule has 23 heavy (non-hydrogen) atoms. The van der Waals surface area contributed by atoms with Crippen molar-refractivity contribution in [1.82, 2.24) is 15.6 Å². The summed E-state index contributed by atoms with van der Waals surface area (Å²) in [5.74, 6) is 0. The first kappa shape index (κ1) is 17.2. The Balaban J connectivity index is 1.84. The van der Waals surface area contributed by atoms with E-state index in [1.54, 1.807) is 19.4 Å². The smallest absolute Gasteiger partial charge is 0.315 e. The number of carbonyl (C=O) groups excluding carboxylic acids is 1. The predicted molar refractivity (Wildman–Crippen MR) is 90.4 cm³/mol. The van der Waals surface area contributed by atoms with Gasteiger partial charge in [0.15, 0.2) is 0 Å². The molecule has 2 aromatic rings. The van der Waals surface area contributed by atoms with Gasteiger partial charge in [-0.25, -0.2) is 4.79 Å². The van der Waals surface area contributed by atoms with E-state index in [9.17, 15) is 4.79 Å². The van der Waals surface area contributed by atoms with Gasteiger partial charge < -0.3 is 15.4 Å². The lowest BCUT2D eigenvalue weighted by Crippen LogP contribution is -2.38. The quantitative estimate of drug-likeness (QED) is 0.853. The van der Waals surface area contributed by atoms with Crippen LogP contribution in [-0.4, -0.2) is 24.7 Å². The molecule has 0 saturated heterocycles. The molecular formula is C17H20ClN3O2. The van der Waals surface area contributed by atoms with E-state index in [1.807, 2.05) is 37.3 Å². The Labute approximate surface area is 141 Å². The molecule has 5 nitrogen and oxygen atoms in total. The minimum absolute atomic E-state index is 0.254. The summed E-state index contributed by atoms with van der Waals surface area (Å²) < 4.78 is 5.41. The minimum atomic E-state index is -0.265. The van der Waals surface area contributed by atoms with Gasteiger partial charge in [0.1, 0.15) is 0 Å². The zero-order valence-electron chi connectivity index (χ0n) is 13.2. The average molecular weight is 334 g/mol. The maximum atomic E-state index is 11.9. The highest BCUT2D eigenvalue weighted by atomic mass is 35.5. The first-order valence-electron chi connectivity index (χ1n) is 7.30. The molecule has 6 heteroatoms. The molecule has 0 aliphatic carbocycles. The number of rotatable bonds is 6. The molecule has 1 aromatic carbocycles. The fourth-order valence-corrected chi connectivity index (χ4v) is 2.36. The van der Waals surface area contributed by atoms with Gasteiger partial charge in [-0.3, -0.25) is 4.98 Å². The number of aryl methyl sites for hydroxylation is 1. The van der Waals surface area contributed by atoms with Gasteiger partial charge in [-0.1, -0.05) is 29.8 Å². The number of benzene rings is 1. The molecule has 0 spiro atoms. The molecular weight excluding hydrogens is 314 g/mol. The third kappa shape index (κ3) is 5.23. The lowest BCUT2D eigenvalue weighted by molar-refractivity contribution is 0.104. The summed E-state index contributed by atoms with van der Waals surface area (Å²) in [4.78, 5) is 16.2. The van der Waals surface area contributed by atoms with Gasteiger partial charge in [0.2, 0.25) is 0 Å². The summed E-state index contributed by atoms with van der Waals surface area (Å²) in [6.07, 6.45) is 1.46. The number of amides is 2. The third-order valence-corrected chi connectivity index (χ3v) is 3.72. The molecule has 122 valence electrons. The van der Waals surface area contributed by atoms with Crippen molar-refractivity contribution in [1.29, 1.82) is 0 Å². The van der Waals surface area contributed by atoms with Gasteiger partial charge in [0.05, 0.1) is 18.3 Å². The van der Waals surface area contributed by atoms with Gasteiger partial charge in [0.25, 0.3) is 0 Å². The fourth-order valence-electron chi connectivity index (χ4n) is 2.16. The maximum Gasteiger partial charge on any atom is 0.315 e. The normalized spacial score (nSPS) is 11.8. The lowest BCUT2D eigenvalue weighted by atomic mass is 10.1. The van der Waals surface area contributed by atoms with E-state index in [-0.39, 0.29) is 12.1 Å². The van der Waals surface area contributed by atoms with Crippen LogP contribution in [0.2, 0.25) is 5.02 Å². The highest BCUT2D eigenvalue weighted by molar-refractivity contribution is 6.30. The maximum absolute atomic E-state index is 11.9. The van der Waals surface area contributed by atoms with Crippen molar-refractivity contribution in [2.75, 3.05) is 13.7 Å². The highest BCUT2D eigenvalue weighted by Crippen LogP contribution is 2.19. The van der Waals surface area contributed by atoms with E-state index in [0.29, 0.717) is 18.1 Å². The molecule has 0 aliphatic heterocycles. The molecule has 0 aliphatic rings. The average Bonchev–Trinajstić information content (AvgIpc) is 2.55. The number of carbonyl (C=O) groups is 1. The van der Waals surface area contributed by atoms with Crippen molar-refractivity contribution < 1.29 is 9.53 Å². The van der Waals surface area contributed by atoms with Gasteiger partial charge in [-0.15, -0.1) is 0 Å². The Bertz CT molecular complexity index is 664. The standard InChI is InChI=1S/C17H20ClN3O2/c1-12-5-4-8-19-15(12)10-20-17(22)21-11-16(23-2)13-6-3-7-14(18)9-13/h3-9,16H,10-11H2,1-2H3,(H2,20,21,22)/t16-/m0/s1. The van der Waals surface area contributed by atoms with Crippen molar-refractivity contribution in [3.8, 4) is 0 Å². The molecule has 2 amide bonds. The Morgan fingerprint density at radius 1 is 1.30 bits per heavy atom. The number of aromatic nitrogens is 1. The summed E-state index contributed by atoms with van der Waals surface area (Å²) in [7, 11) is 1.60. The molecule has 0 radical (unpaired) electrons. The van der Waals surface area contributed by atoms with Gasteiger partial charge in [-0.05, 0) is 36.2 Å². The van der Waals surface area contributed by atoms with Crippen molar-refractivity contribution in [3.63, 3.8) is 0 Å². The van der Waals surface area contributed by atoms with Crippen LogP contribution in [0.4, 0.5) is 4.79 Å². The largest absolute Gasteiger partial charge is 0.375 e. The number of hydrogen-bond acceptors (Lipinski definition) is 3. The number of ether oxygens (including phenoxy) is 1. The van der Waals surface area contributed by atoms with Crippen molar-refractivity contribution >= 4 is 17.6 Å². The third-order valence-electron chi connectivity index (χ3n) is 3.49. The Morgan fingerprint density at radius 3 is 2.83 bits per heavy atom. The van der Waals surface area contributed by atoms with Crippen LogP contribution in [0.15, 0.2) is 42.6 Å². The number of pyridine rings is 1. The molecule has 2 N–H and O–H groups in total. The molecule has 0 fully saturated rings. The first-order chi connectivity index (χ1) is 11.1. The van der Waals surface area contributed by atoms with Gasteiger partial charge in [-0.2, -0.15) is 0 Å². The van der Waals surface area contributed by atoms with Crippen molar-refractivity contribution in [2.24, 2.45) is 0 Å². The monoisotopic (exact) mass is 333 g/mol. The van der Waals surface area contributed by atoms with E-state index in [4.69, 9.17) is 16.3 Å². The fraction of sp³-hybridized carbons (Fsp3) is 0.294. The summed E-state index contributed by atoms with van der Waals surface area (Å²) in [5.41, 5.74) is 2.81. The highest BCUT2D eigenvalue weighted by Gasteiger charge is 2.12. The number of nitrogens with zero attached hydrogens (tertiary/aromatic N) is 1. The van der Waals surface area contributed by atoms with Crippen molar-refractivity contribution in [2.45, 2.75) is 19.6 Å². The summed E-state index contributed by atoms with van der Waals surface area (Å²) in [6.45, 7) is 2.69. The summed E-state index contributed by atoms with van der Waals surface area (Å²) >= 11 is 5.98. The SMILES string of the molecule is CO[C@@H](CNC(=O)NCc1ncccc1C)c1cccc(Cl)c1. The van der Waals surface area contributed by atoms with E-state index in [0.717, 1.165) is 16.8 Å². The second-order valence-electron chi connectivity index (χ2n) is 5.11. The Morgan fingerprint density at radius 2 is 2.13 bits per heavy atom. The second kappa shape index (κ2) is 8.50. The van der Waals surface area contributed by atoms with Crippen LogP contribution in [0.25, 0.3) is 0 Å². The van der Waals surface area contributed by atoms with Gasteiger partial charge in [0, 0.05) is 24.9 Å². The van der Waals surface area contributed by atoms with E-state index >= 15 is 0 Å². The summed E-state index contributed by atoms with van der Waals surface area (Å²) in [5, 5.41) is 6.22. The number of nitrogens with one attached hydrogen (secondary N) is 2. The minimum Gasteiger partial charge on any atom is -0.375 e. The van der Waals surface area contributed by atoms with E-state index < -0.39 is 0 Å². The lowest BCUT2D eigenvalue weighted by Gasteiger charge is -2.17. The molecule has 1 aromatic heterocycles. The topological polar surface area (TPSA) is 63.2 Å². The molecule has 2 rings (SSSR count). The summed E-state index contributed by atoms with van der Waals surface area (Å²) in [6, 6.07) is 11.0. The van der Waals surface area contributed by atoms with Crippen LogP contribution in [-0.2, 0) is 11.3 Å². The second-order valence-corrected chi connectivity index (χ2v) is 5.55. The number of hydrogen-bond donors (Lipinski definition) is 2. The molecule has 1 heterocycles. The molecule has 0 unspecified atom stereocenters. The number of urea groups is 1. The van der Waals surface area contributed by atoms with Crippen LogP contribution < -0.4 is 10.6 Å². The molecule has 0 saturated carbocycles. The van der Waals surface area contributed by atoms with E-state index in [2.05, 4.69) is 15.6 Å². The van der Waals surface area contributed by atoms with Crippen LogP contribution in [0.5, 0.6) is 0 Å². The van der Waals surface area contributed by atoms with Gasteiger partial charge >= 0.3 is 6.03 Å². The Hall–Kier alpha value is -2.11. The van der Waals surface area contributed by atoms with Crippen molar-refractivity contribution in [3.05, 3.63) is 64.4 Å². The van der Waals surface area contributed by atoms with Crippen LogP contribution >= 0.6 is 11.6 Å². The van der Waals surface area contributed by atoms with Crippen LogP contribution in [0.1, 0.15) is 22.9 Å². The zero-order valence-corrected chi connectivity index (χ0v) is 13.9. The number of halogens is 1. The first-order valence-corrected chi connectivity index (χ1v) is 7.68. The zero-order chi connectivity index (χ0) is 16.7. The molecule has 0 bridgehead atoms. The van der Waals surface area contributed by atoms with E-state index in [1.165, 1.54) is 0 Å². The number of methoxy groups -OCH3 is 1. The Kier molecular flexibility index (Phi) is 6.38. The van der Waals surface area contributed by atoms with Crippen LogP contribution in [0, 0.1) is 6.92 Å². The van der Waals surface area contributed by atoms with Crippen LogP contribution in [0.3, 0.4) is 0 Å².